The van der Waals surface area contributed by atoms with Gasteiger partial charge >= 0.3 is 5.97 Å². The summed E-state index contributed by atoms with van der Waals surface area (Å²) in [5, 5.41) is 57.7. The van der Waals surface area contributed by atoms with E-state index in [1.165, 1.54) is 12.6 Å². The molecule has 3 aromatic rings. The number of ether oxygens (including phenoxy) is 3. The first kappa shape index (κ1) is 36.0. The topological polar surface area (TPSA) is 189 Å². The molecule has 0 spiro atoms. The Hall–Kier alpha value is -3.43. The SMILES string of the molecule is Cc1c(-c2cccnc2C(=O)O)cnn1CC12CC3(C)CC(C)(C1)CC(OCCNCc1ccc(O[C@@H]4O[C@H](CO)[C@@H](O)[C@H](O)[C@H]4O)cc1)(C3)C2. The van der Waals surface area contributed by atoms with E-state index in [1.54, 1.807) is 30.5 Å². The van der Waals surface area contributed by atoms with Crippen molar-refractivity contribution in [1.82, 2.24) is 20.1 Å². The number of carbonyl (C=O) groups is 1. The van der Waals surface area contributed by atoms with Crippen LogP contribution in [-0.4, -0.2) is 102 Å². The molecule has 3 heterocycles. The first-order valence-electron chi connectivity index (χ1n) is 17.9. The number of aliphatic hydroxyl groups excluding tert-OH is 4. The summed E-state index contributed by atoms with van der Waals surface area (Å²) < 4.78 is 20.1. The lowest BCUT2D eigenvalue weighted by Gasteiger charge is -2.69. The molecule has 6 N–H and O–H groups in total. The molecule has 0 amide bonds. The molecule has 13 heteroatoms. The Balaban J connectivity index is 0.958. The van der Waals surface area contributed by atoms with Gasteiger partial charge in [-0.05, 0) is 85.5 Å². The Bertz CT molecular complexity index is 1710. The van der Waals surface area contributed by atoms with Gasteiger partial charge in [0.15, 0.2) is 5.69 Å². The smallest absolute Gasteiger partial charge is 0.355 e. The zero-order valence-electron chi connectivity index (χ0n) is 29.5. The minimum absolute atomic E-state index is 0.0315. The Kier molecular flexibility index (Phi) is 9.53. The molecule has 276 valence electrons. The predicted octanol–water partition coefficient (Wildman–Crippen LogP) is 3.06. The molecule has 1 aromatic carbocycles. The van der Waals surface area contributed by atoms with Crippen molar-refractivity contribution in [3.63, 3.8) is 0 Å². The highest BCUT2D eigenvalue weighted by molar-refractivity contribution is 5.94. The van der Waals surface area contributed by atoms with Crippen LogP contribution in [0.2, 0.25) is 0 Å². The molecule has 7 atom stereocenters. The Morgan fingerprint density at radius 3 is 2.39 bits per heavy atom. The van der Waals surface area contributed by atoms with Crippen LogP contribution in [0.3, 0.4) is 0 Å². The summed E-state index contributed by atoms with van der Waals surface area (Å²) in [5.41, 5.74) is 3.59. The summed E-state index contributed by atoms with van der Waals surface area (Å²) >= 11 is 0. The molecule has 2 unspecified atom stereocenters. The number of pyridine rings is 1. The second-order valence-corrected chi connectivity index (χ2v) is 16.4. The normalized spacial score (nSPS) is 35.6. The lowest BCUT2D eigenvalue weighted by atomic mass is 9.39. The zero-order valence-corrected chi connectivity index (χ0v) is 29.5. The molecule has 51 heavy (non-hydrogen) atoms. The molecule has 2 aromatic heterocycles. The van der Waals surface area contributed by atoms with Gasteiger partial charge in [-0.3, -0.25) is 4.68 Å². The van der Waals surface area contributed by atoms with Crippen molar-refractivity contribution in [2.75, 3.05) is 19.8 Å². The Morgan fingerprint density at radius 1 is 0.980 bits per heavy atom. The van der Waals surface area contributed by atoms with Crippen LogP contribution in [0.1, 0.15) is 74.1 Å². The standard InChI is InChI=1S/C38H50N4O9/c1-23-27(26-5-4-10-40-29(26)33(47)48)14-41-42(23)22-37-17-35(2)16-36(3,18-37)20-38(19-35,21-37)49-12-11-39-13-24-6-8-25(9-7-24)50-34-32(46)31(45)30(44)28(15-43)51-34/h4-10,14,28,30-32,34,39,43-46H,11-13,15-22H2,1-3H3,(H,47,48)/t28-,30-,31+,32-,34-,35?,36?,37?,38?/m1/s1. The van der Waals surface area contributed by atoms with Gasteiger partial charge in [-0.25, -0.2) is 9.78 Å². The summed E-state index contributed by atoms with van der Waals surface area (Å²) in [6.07, 6.45) is 3.14. The highest BCUT2D eigenvalue weighted by atomic mass is 16.7. The van der Waals surface area contributed by atoms with Crippen LogP contribution in [0.5, 0.6) is 5.75 Å². The molecule has 1 saturated heterocycles. The summed E-state index contributed by atoms with van der Waals surface area (Å²) in [4.78, 5) is 16.0. The van der Waals surface area contributed by atoms with Crippen molar-refractivity contribution < 1.29 is 44.5 Å². The molecule has 4 saturated carbocycles. The van der Waals surface area contributed by atoms with Crippen molar-refractivity contribution in [2.24, 2.45) is 16.2 Å². The Morgan fingerprint density at radius 2 is 1.71 bits per heavy atom. The number of nitrogens with one attached hydrogen (secondary N) is 1. The van der Waals surface area contributed by atoms with Gasteiger partial charge in [0, 0.05) is 42.7 Å². The van der Waals surface area contributed by atoms with Crippen LogP contribution in [0, 0.1) is 23.2 Å². The van der Waals surface area contributed by atoms with Crippen LogP contribution in [0.4, 0.5) is 0 Å². The molecule has 1 aliphatic heterocycles. The molecule has 5 aliphatic rings. The van der Waals surface area contributed by atoms with Crippen LogP contribution in [0.25, 0.3) is 11.1 Å². The molecule has 5 fully saturated rings. The average Bonchev–Trinajstić information content (AvgIpc) is 3.42. The highest BCUT2D eigenvalue weighted by Gasteiger charge is 2.66. The van der Waals surface area contributed by atoms with E-state index in [4.69, 9.17) is 19.3 Å². The number of rotatable bonds is 13. The fourth-order valence-electron chi connectivity index (χ4n) is 10.7. The lowest BCUT2D eigenvalue weighted by molar-refractivity contribution is -0.277. The van der Waals surface area contributed by atoms with Gasteiger partial charge in [-0.1, -0.05) is 32.0 Å². The van der Waals surface area contributed by atoms with Crippen LogP contribution in [-0.2, 0) is 22.6 Å². The van der Waals surface area contributed by atoms with Gasteiger partial charge in [0.2, 0.25) is 6.29 Å². The number of aliphatic hydroxyl groups is 4. The van der Waals surface area contributed by atoms with E-state index in [9.17, 15) is 30.3 Å². The quantitative estimate of drug-likeness (QED) is 0.143. The third kappa shape index (κ3) is 7.05. The summed E-state index contributed by atoms with van der Waals surface area (Å²) in [6, 6.07) is 10.9. The molecule has 4 aliphatic carbocycles. The molecular weight excluding hydrogens is 656 g/mol. The monoisotopic (exact) mass is 706 g/mol. The number of hydrogen-bond donors (Lipinski definition) is 6. The maximum absolute atomic E-state index is 11.9. The van der Waals surface area contributed by atoms with E-state index in [0.717, 1.165) is 55.5 Å². The van der Waals surface area contributed by atoms with Gasteiger partial charge in [0.25, 0.3) is 0 Å². The summed E-state index contributed by atoms with van der Waals surface area (Å²) in [6.45, 7) is 9.02. The minimum atomic E-state index is -1.50. The molecule has 4 bridgehead atoms. The van der Waals surface area contributed by atoms with E-state index in [2.05, 4.69) is 28.8 Å². The van der Waals surface area contributed by atoms with Crippen LogP contribution < -0.4 is 10.1 Å². The third-order valence-corrected chi connectivity index (χ3v) is 11.6. The maximum Gasteiger partial charge on any atom is 0.355 e. The highest BCUT2D eigenvalue weighted by Crippen LogP contribution is 2.72. The largest absolute Gasteiger partial charge is 0.476 e. The van der Waals surface area contributed by atoms with Crippen molar-refractivity contribution in [3.05, 3.63) is 65.7 Å². The number of aromatic nitrogens is 3. The molecule has 13 nitrogen and oxygen atoms in total. The second-order valence-electron chi connectivity index (χ2n) is 16.4. The second kappa shape index (κ2) is 13.5. The number of carboxylic acid groups (broad SMARTS) is 1. The van der Waals surface area contributed by atoms with Gasteiger partial charge in [0.05, 0.1) is 25.0 Å². The van der Waals surface area contributed by atoms with Crippen LogP contribution in [0.15, 0.2) is 48.8 Å². The predicted molar refractivity (Wildman–Crippen MR) is 185 cm³/mol. The number of carboxylic acids is 1. The van der Waals surface area contributed by atoms with Crippen molar-refractivity contribution in [3.8, 4) is 16.9 Å². The number of hydrogen-bond acceptors (Lipinski definition) is 11. The van der Waals surface area contributed by atoms with E-state index >= 15 is 0 Å². The zero-order chi connectivity index (χ0) is 36.2. The van der Waals surface area contributed by atoms with E-state index in [1.807, 2.05) is 19.1 Å². The van der Waals surface area contributed by atoms with Gasteiger partial charge in [-0.2, -0.15) is 5.10 Å². The number of nitrogens with zero attached hydrogens (tertiary/aromatic N) is 3. The van der Waals surface area contributed by atoms with E-state index < -0.39 is 43.3 Å². The van der Waals surface area contributed by atoms with Gasteiger partial charge < -0.3 is 45.1 Å². The summed E-state index contributed by atoms with van der Waals surface area (Å²) in [7, 11) is 0. The fourth-order valence-corrected chi connectivity index (χ4v) is 10.7. The average molecular weight is 707 g/mol. The van der Waals surface area contributed by atoms with E-state index in [0.29, 0.717) is 31.0 Å². The lowest BCUT2D eigenvalue weighted by Crippen LogP contribution is -2.64. The molecule has 8 rings (SSSR count). The fraction of sp³-hybridized carbons (Fsp3) is 0.605. The van der Waals surface area contributed by atoms with Crippen molar-refractivity contribution >= 4 is 5.97 Å². The number of benzene rings is 1. The van der Waals surface area contributed by atoms with Crippen LogP contribution >= 0.6 is 0 Å². The first-order chi connectivity index (χ1) is 24.2. The number of aromatic carboxylic acids is 1. The third-order valence-electron chi connectivity index (χ3n) is 11.6. The van der Waals surface area contributed by atoms with Crippen molar-refractivity contribution in [2.45, 2.75) is 109 Å². The minimum Gasteiger partial charge on any atom is -0.476 e. The van der Waals surface area contributed by atoms with Crippen molar-refractivity contribution in [1.29, 1.82) is 0 Å². The molecule has 0 radical (unpaired) electrons. The molecular formula is C38H50N4O9. The van der Waals surface area contributed by atoms with E-state index in [-0.39, 0.29) is 27.5 Å². The first-order valence-corrected chi connectivity index (χ1v) is 17.9. The summed E-state index contributed by atoms with van der Waals surface area (Å²) in [5.74, 6) is -0.626. The van der Waals surface area contributed by atoms with Gasteiger partial charge in [-0.15, -0.1) is 0 Å². The Labute approximate surface area is 297 Å². The maximum atomic E-state index is 11.9. The van der Waals surface area contributed by atoms with Gasteiger partial charge in [0.1, 0.15) is 30.2 Å².